The van der Waals surface area contributed by atoms with Gasteiger partial charge in [0.25, 0.3) is 5.91 Å². The molecule has 162 valence electrons. The van der Waals surface area contributed by atoms with Gasteiger partial charge < -0.3 is 9.30 Å². The van der Waals surface area contributed by atoms with Crippen molar-refractivity contribution in [2.75, 3.05) is 12.0 Å². The van der Waals surface area contributed by atoms with E-state index in [2.05, 4.69) is 4.57 Å². The van der Waals surface area contributed by atoms with E-state index in [1.807, 2.05) is 81.4 Å². The first-order valence-corrected chi connectivity index (χ1v) is 10.5. The van der Waals surface area contributed by atoms with Crippen molar-refractivity contribution in [3.8, 4) is 5.69 Å². The van der Waals surface area contributed by atoms with Gasteiger partial charge in [-0.2, -0.15) is 0 Å². The monoisotopic (exact) mass is 426 g/mol. The van der Waals surface area contributed by atoms with Crippen molar-refractivity contribution in [1.29, 1.82) is 0 Å². The van der Waals surface area contributed by atoms with Gasteiger partial charge in [-0.25, -0.2) is 4.79 Å². The maximum atomic E-state index is 13.5. The average Bonchev–Trinajstić information content (AvgIpc) is 3.20. The first kappa shape index (κ1) is 21.4. The number of carbonyl (C=O) groups is 2. The van der Waals surface area contributed by atoms with Crippen LogP contribution in [0.15, 0.2) is 77.5 Å². The van der Waals surface area contributed by atoms with Crippen molar-refractivity contribution in [2.24, 2.45) is 0 Å². The SMILES string of the molecule is COC(=O)C1=C(C)N(c2ccc(C)cc2)C(=O)/C1=C/c1cc(C)n(-c2ccccc2)c1C. The van der Waals surface area contributed by atoms with Crippen molar-refractivity contribution < 1.29 is 14.3 Å². The highest BCUT2D eigenvalue weighted by Crippen LogP contribution is 2.36. The third-order valence-electron chi connectivity index (χ3n) is 5.87. The van der Waals surface area contributed by atoms with Crippen LogP contribution in [0.4, 0.5) is 5.69 Å². The van der Waals surface area contributed by atoms with Crippen LogP contribution in [-0.2, 0) is 14.3 Å². The van der Waals surface area contributed by atoms with Gasteiger partial charge in [-0.3, -0.25) is 9.69 Å². The van der Waals surface area contributed by atoms with E-state index in [1.54, 1.807) is 17.9 Å². The summed E-state index contributed by atoms with van der Waals surface area (Å²) in [5, 5.41) is 0. The number of anilines is 1. The maximum absolute atomic E-state index is 13.5. The fourth-order valence-electron chi connectivity index (χ4n) is 4.25. The van der Waals surface area contributed by atoms with E-state index < -0.39 is 5.97 Å². The second-order valence-electron chi connectivity index (χ2n) is 7.98. The molecule has 0 N–H and O–H groups in total. The largest absolute Gasteiger partial charge is 0.465 e. The Hall–Kier alpha value is -3.86. The molecule has 32 heavy (non-hydrogen) atoms. The smallest absolute Gasteiger partial charge is 0.340 e. The molecule has 0 unspecified atom stereocenters. The molecule has 1 amide bonds. The molecule has 1 aliphatic rings. The summed E-state index contributed by atoms with van der Waals surface area (Å²) < 4.78 is 7.17. The molecule has 0 aliphatic carbocycles. The van der Waals surface area contributed by atoms with Crippen molar-refractivity contribution in [3.63, 3.8) is 0 Å². The van der Waals surface area contributed by atoms with Gasteiger partial charge in [-0.05, 0) is 69.7 Å². The second-order valence-corrected chi connectivity index (χ2v) is 7.98. The zero-order valence-electron chi connectivity index (χ0n) is 19.0. The van der Waals surface area contributed by atoms with Crippen LogP contribution in [0.1, 0.15) is 29.4 Å². The molecular formula is C27H26N2O3. The molecule has 0 spiro atoms. The molecule has 4 rings (SSSR count). The van der Waals surface area contributed by atoms with Crippen LogP contribution in [0.3, 0.4) is 0 Å². The number of para-hydroxylation sites is 1. The highest BCUT2D eigenvalue weighted by atomic mass is 16.5. The number of methoxy groups -OCH3 is 1. The number of esters is 1. The lowest BCUT2D eigenvalue weighted by atomic mass is 10.0. The lowest BCUT2D eigenvalue weighted by Crippen LogP contribution is -2.24. The Morgan fingerprint density at radius 3 is 2.19 bits per heavy atom. The molecule has 5 nitrogen and oxygen atoms in total. The molecule has 0 saturated heterocycles. The van der Waals surface area contributed by atoms with E-state index in [4.69, 9.17) is 4.74 Å². The number of rotatable bonds is 4. The molecule has 0 bridgehead atoms. The van der Waals surface area contributed by atoms with Gasteiger partial charge in [0.15, 0.2) is 0 Å². The van der Waals surface area contributed by atoms with Gasteiger partial charge in [-0.15, -0.1) is 0 Å². The highest BCUT2D eigenvalue weighted by Gasteiger charge is 2.38. The van der Waals surface area contributed by atoms with Gasteiger partial charge in [-0.1, -0.05) is 35.9 Å². The number of ether oxygens (including phenoxy) is 1. The fraction of sp³-hybridized carbons (Fsp3) is 0.185. The van der Waals surface area contributed by atoms with Crippen molar-refractivity contribution in [3.05, 3.63) is 100 Å². The van der Waals surface area contributed by atoms with Crippen LogP contribution in [0, 0.1) is 20.8 Å². The summed E-state index contributed by atoms with van der Waals surface area (Å²) in [7, 11) is 1.33. The first-order chi connectivity index (χ1) is 15.3. The van der Waals surface area contributed by atoms with Crippen molar-refractivity contribution in [2.45, 2.75) is 27.7 Å². The Bertz CT molecular complexity index is 1260. The fourth-order valence-corrected chi connectivity index (χ4v) is 4.25. The minimum absolute atomic E-state index is 0.240. The number of hydrogen-bond donors (Lipinski definition) is 0. The van der Waals surface area contributed by atoms with E-state index in [0.29, 0.717) is 16.8 Å². The zero-order chi connectivity index (χ0) is 23.0. The summed E-state index contributed by atoms with van der Waals surface area (Å²) >= 11 is 0. The molecule has 5 heteroatoms. The van der Waals surface area contributed by atoms with Crippen molar-refractivity contribution >= 4 is 23.6 Å². The number of benzene rings is 2. The standard InChI is InChI=1S/C27H26N2O3/c1-17-11-13-23(14-12-17)29-20(4)25(27(31)32-5)24(26(29)30)16-21-15-18(2)28(19(21)3)22-9-7-6-8-10-22/h6-16H,1-5H3/b24-16+. The Kier molecular flexibility index (Phi) is 5.57. The predicted octanol–water partition coefficient (Wildman–Crippen LogP) is 5.28. The molecule has 2 aromatic carbocycles. The molecule has 2 heterocycles. The maximum Gasteiger partial charge on any atom is 0.340 e. The topological polar surface area (TPSA) is 51.5 Å². The van der Waals surface area contributed by atoms with E-state index in [-0.39, 0.29) is 5.91 Å². The lowest BCUT2D eigenvalue weighted by molar-refractivity contribution is -0.136. The summed E-state index contributed by atoms with van der Waals surface area (Å²) in [4.78, 5) is 27.8. The molecule has 0 saturated carbocycles. The molecule has 0 atom stereocenters. The van der Waals surface area contributed by atoms with Crippen LogP contribution < -0.4 is 4.90 Å². The lowest BCUT2D eigenvalue weighted by Gasteiger charge is -2.18. The number of carbonyl (C=O) groups excluding carboxylic acids is 2. The minimum Gasteiger partial charge on any atom is -0.465 e. The highest BCUT2D eigenvalue weighted by molar-refractivity contribution is 6.23. The second kappa shape index (κ2) is 8.35. The predicted molar refractivity (Wildman–Crippen MR) is 127 cm³/mol. The number of allylic oxidation sites excluding steroid dienone is 1. The minimum atomic E-state index is -0.520. The third kappa shape index (κ3) is 3.56. The normalized spacial score (nSPS) is 15.1. The molecule has 1 aliphatic heterocycles. The Morgan fingerprint density at radius 2 is 1.56 bits per heavy atom. The summed E-state index contributed by atoms with van der Waals surface area (Å²) in [6, 6.07) is 19.7. The summed E-state index contributed by atoms with van der Waals surface area (Å²) in [5.41, 5.74) is 6.98. The van der Waals surface area contributed by atoms with Crippen LogP contribution in [-0.4, -0.2) is 23.6 Å². The van der Waals surface area contributed by atoms with Gasteiger partial charge in [0.2, 0.25) is 0 Å². The first-order valence-electron chi connectivity index (χ1n) is 10.5. The van der Waals surface area contributed by atoms with E-state index in [1.165, 1.54) is 7.11 Å². The Balaban J connectivity index is 1.85. The number of aryl methyl sites for hydroxylation is 2. The summed E-state index contributed by atoms with van der Waals surface area (Å²) in [6.45, 7) is 7.81. The number of aromatic nitrogens is 1. The van der Waals surface area contributed by atoms with Crippen LogP contribution >= 0.6 is 0 Å². The summed E-state index contributed by atoms with van der Waals surface area (Å²) in [5.74, 6) is -0.759. The molecule has 3 aromatic rings. The van der Waals surface area contributed by atoms with Gasteiger partial charge >= 0.3 is 5.97 Å². The van der Waals surface area contributed by atoms with Gasteiger partial charge in [0, 0.05) is 28.5 Å². The third-order valence-corrected chi connectivity index (χ3v) is 5.87. The Morgan fingerprint density at radius 1 is 0.906 bits per heavy atom. The van der Waals surface area contributed by atoms with E-state index >= 15 is 0 Å². The number of hydrogen-bond acceptors (Lipinski definition) is 3. The zero-order valence-corrected chi connectivity index (χ0v) is 19.0. The van der Waals surface area contributed by atoms with E-state index in [9.17, 15) is 9.59 Å². The molecule has 0 radical (unpaired) electrons. The molecule has 1 aromatic heterocycles. The van der Waals surface area contributed by atoms with E-state index in [0.717, 1.165) is 33.9 Å². The molecule has 0 fully saturated rings. The van der Waals surface area contributed by atoms with Crippen molar-refractivity contribution in [1.82, 2.24) is 4.57 Å². The quantitative estimate of drug-likeness (QED) is 0.421. The van der Waals surface area contributed by atoms with Crippen LogP contribution in [0.5, 0.6) is 0 Å². The number of amides is 1. The van der Waals surface area contributed by atoms with Gasteiger partial charge in [0.1, 0.15) is 0 Å². The number of nitrogens with zero attached hydrogens (tertiary/aromatic N) is 2. The summed E-state index contributed by atoms with van der Waals surface area (Å²) in [6.07, 6.45) is 1.80. The van der Waals surface area contributed by atoms with Crippen LogP contribution in [0.25, 0.3) is 11.8 Å². The average molecular weight is 427 g/mol. The molecular weight excluding hydrogens is 400 g/mol. The van der Waals surface area contributed by atoms with Crippen LogP contribution in [0.2, 0.25) is 0 Å². The Labute approximate surface area is 188 Å². The van der Waals surface area contributed by atoms with Gasteiger partial charge in [0.05, 0.1) is 18.3 Å².